The van der Waals surface area contributed by atoms with Crippen molar-refractivity contribution < 1.29 is 9.47 Å². The van der Waals surface area contributed by atoms with Gasteiger partial charge in [-0.15, -0.1) is 0 Å². The maximum Gasteiger partial charge on any atom is 0.112 e. The summed E-state index contributed by atoms with van der Waals surface area (Å²) in [5, 5.41) is 0. The van der Waals surface area contributed by atoms with Crippen molar-refractivity contribution in [3.8, 4) is 0 Å². The lowest BCUT2D eigenvalue weighted by Gasteiger charge is -2.28. The molecule has 3 nitrogen and oxygen atoms in total. The van der Waals surface area contributed by atoms with E-state index in [0.29, 0.717) is 6.61 Å². The minimum atomic E-state index is -0.229. The van der Waals surface area contributed by atoms with E-state index in [9.17, 15) is 0 Å². The lowest BCUT2D eigenvalue weighted by atomic mass is 9.99. The zero-order valence-electron chi connectivity index (χ0n) is 10.8. The van der Waals surface area contributed by atoms with Crippen LogP contribution in [0, 0.1) is 0 Å². The summed E-state index contributed by atoms with van der Waals surface area (Å²) in [6.07, 6.45) is 4.06. The number of hydrogen-bond acceptors (Lipinski definition) is 3. The summed E-state index contributed by atoms with van der Waals surface area (Å²) in [5.41, 5.74) is 7.39. The molecule has 3 heteroatoms. The van der Waals surface area contributed by atoms with Crippen LogP contribution in [0.4, 0.5) is 0 Å². The second-order valence-corrected chi connectivity index (χ2v) is 4.41. The first kappa shape index (κ1) is 13.1. The first-order valence-corrected chi connectivity index (χ1v) is 6.58. The third-order valence-electron chi connectivity index (χ3n) is 3.09. The molecule has 0 saturated carbocycles. The molecule has 0 aromatic heterocycles. The topological polar surface area (TPSA) is 44.5 Å². The SMILES string of the molecule is CCOC(c1ccccc1)C(N)C1=CCCCO1. The molecule has 1 aliphatic rings. The van der Waals surface area contributed by atoms with Crippen LogP contribution in [0.1, 0.15) is 31.4 Å². The molecule has 0 radical (unpaired) electrons. The number of allylic oxidation sites excluding steroid dienone is 1. The molecule has 2 N–H and O–H groups in total. The predicted molar refractivity (Wildman–Crippen MR) is 72.1 cm³/mol. The Balaban J connectivity index is 2.16. The van der Waals surface area contributed by atoms with Gasteiger partial charge in [0.25, 0.3) is 0 Å². The summed E-state index contributed by atoms with van der Waals surface area (Å²) in [5.74, 6) is 0.864. The monoisotopic (exact) mass is 247 g/mol. The fourth-order valence-corrected chi connectivity index (χ4v) is 2.19. The molecule has 2 atom stereocenters. The van der Waals surface area contributed by atoms with Gasteiger partial charge in [-0.1, -0.05) is 30.3 Å². The average Bonchev–Trinajstić information content (AvgIpc) is 2.46. The Labute approximate surface area is 109 Å². The van der Waals surface area contributed by atoms with E-state index in [1.54, 1.807) is 0 Å². The van der Waals surface area contributed by atoms with Crippen molar-refractivity contribution in [2.24, 2.45) is 5.73 Å². The van der Waals surface area contributed by atoms with Gasteiger partial charge in [0.1, 0.15) is 11.9 Å². The molecular formula is C15H21NO2. The van der Waals surface area contributed by atoms with Gasteiger partial charge in [-0.25, -0.2) is 0 Å². The Morgan fingerprint density at radius 2 is 2.11 bits per heavy atom. The van der Waals surface area contributed by atoms with Gasteiger partial charge < -0.3 is 15.2 Å². The Bertz CT molecular complexity index is 389. The number of hydrogen-bond donors (Lipinski definition) is 1. The van der Waals surface area contributed by atoms with E-state index in [2.05, 4.69) is 6.08 Å². The second kappa shape index (κ2) is 6.57. The van der Waals surface area contributed by atoms with E-state index in [-0.39, 0.29) is 12.1 Å². The molecule has 0 aliphatic carbocycles. The fraction of sp³-hybridized carbons (Fsp3) is 0.467. The first-order chi connectivity index (χ1) is 8.83. The number of rotatable bonds is 5. The number of nitrogens with two attached hydrogens (primary N) is 1. The fourth-order valence-electron chi connectivity index (χ4n) is 2.19. The molecule has 0 spiro atoms. The highest BCUT2D eigenvalue weighted by molar-refractivity contribution is 5.22. The van der Waals surface area contributed by atoms with Gasteiger partial charge in [0.15, 0.2) is 0 Å². The molecule has 1 aliphatic heterocycles. The quantitative estimate of drug-likeness (QED) is 0.870. The molecule has 2 rings (SSSR count). The molecule has 2 unspecified atom stereocenters. The molecule has 0 bridgehead atoms. The maximum absolute atomic E-state index is 6.29. The summed E-state index contributed by atoms with van der Waals surface area (Å²) < 4.78 is 11.4. The highest BCUT2D eigenvalue weighted by Crippen LogP contribution is 2.26. The molecular weight excluding hydrogens is 226 g/mol. The first-order valence-electron chi connectivity index (χ1n) is 6.58. The largest absolute Gasteiger partial charge is 0.496 e. The van der Waals surface area contributed by atoms with E-state index < -0.39 is 0 Å². The highest BCUT2D eigenvalue weighted by atomic mass is 16.5. The van der Waals surface area contributed by atoms with Crippen LogP contribution >= 0.6 is 0 Å². The zero-order chi connectivity index (χ0) is 12.8. The Hall–Kier alpha value is -1.32. The zero-order valence-corrected chi connectivity index (χ0v) is 10.8. The Morgan fingerprint density at radius 1 is 1.33 bits per heavy atom. The van der Waals surface area contributed by atoms with Crippen LogP contribution in [0.3, 0.4) is 0 Å². The molecule has 1 heterocycles. The average molecular weight is 247 g/mol. The number of benzene rings is 1. The van der Waals surface area contributed by atoms with Crippen molar-refractivity contribution >= 4 is 0 Å². The molecule has 1 aromatic carbocycles. The molecule has 1 aromatic rings. The molecule has 0 amide bonds. The van der Waals surface area contributed by atoms with Crippen LogP contribution in [0.25, 0.3) is 0 Å². The molecule has 98 valence electrons. The summed E-state index contributed by atoms with van der Waals surface area (Å²) in [7, 11) is 0. The summed E-state index contributed by atoms with van der Waals surface area (Å²) in [6.45, 7) is 3.38. The van der Waals surface area contributed by atoms with Gasteiger partial charge in [0, 0.05) is 6.61 Å². The molecule has 0 fully saturated rings. The van der Waals surface area contributed by atoms with Crippen LogP contribution in [0.2, 0.25) is 0 Å². The molecule has 0 saturated heterocycles. The van der Waals surface area contributed by atoms with E-state index in [4.69, 9.17) is 15.2 Å². The third-order valence-corrected chi connectivity index (χ3v) is 3.09. The van der Waals surface area contributed by atoms with Gasteiger partial charge >= 0.3 is 0 Å². The number of ether oxygens (including phenoxy) is 2. The summed E-state index contributed by atoms with van der Waals surface area (Å²) in [6, 6.07) is 9.86. The van der Waals surface area contributed by atoms with E-state index in [1.165, 1.54) is 0 Å². The van der Waals surface area contributed by atoms with Crippen LogP contribution in [0.5, 0.6) is 0 Å². The van der Waals surface area contributed by atoms with E-state index in [0.717, 1.165) is 30.8 Å². The summed E-state index contributed by atoms with van der Waals surface area (Å²) in [4.78, 5) is 0. The van der Waals surface area contributed by atoms with Gasteiger partial charge in [0.2, 0.25) is 0 Å². The summed E-state index contributed by atoms with van der Waals surface area (Å²) >= 11 is 0. The maximum atomic E-state index is 6.29. The van der Waals surface area contributed by atoms with Crippen molar-refractivity contribution in [2.45, 2.75) is 31.9 Å². The Kier molecular flexibility index (Phi) is 4.79. The second-order valence-electron chi connectivity index (χ2n) is 4.41. The van der Waals surface area contributed by atoms with Crippen LogP contribution in [-0.4, -0.2) is 19.3 Å². The van der Waals surface area contributed by atoms with Gasteiger partial charge in [-0.3, -0.25) is 0 Å². The van der Waals surface area contributed by atoms with Crippen LogP contribution < -0.4 is 5.73 Å². The third kappa shape index (κ3) is 3.12. The van der Waals surface area contributed by atoms with E-state index in [1.807, 2.05) is 37.3 Å². The van der Waals surface area contributed by atoms with Crippen molar-refractivity contribution in [3.63, 3.8) is 0 Å². The smallest absolute Gasteiger partial charge is 0.112 e. The van der Waals surface area contributed by atoms with Crippen molar-refractivity contribution in [3.05, 3.63) is 47.7 Å². The normalized spacial score (nSPS) is 18.7. The van der Waals surface area contributed by atoms with Crippen LogP contribution in [-0.2, 0) is 9.47 Å². The van der Waals surface area contributed by atoms with Gasteiger partial charge in [-0.05, 0) is 31.4 Å². The minimum absolute atomic E-state index is 0.138. The van der Waals surface area contributed by atoms with Gasteiger partial charge in [-0.2, -0.15) is 0 Å². The van der Waals surface area contributed by atoms with Gasteiger partial charge in [0.05, 0.1) is 12.6 Å². The lowest BCUT2D eigenvalue weighted by molar-refractivity contribution is 0.0320. The predicted octanol–water partition coefficient (Wildman–Crippen LogP) is 2.79. The van der Waals surface area contributed by atoms with Crippen LogP contribution in [0.15, 0.2) is 42.2 Å². The van der Waals surface area contributed by atoms with E-state index >= 15 is 0 Å². The lowest BCUT2D eigenvalue weighted by Crippen LogP contribution is -2.34. The van der Waals surface area contributed by atoms with Crippen molar-refractivity contribution in [2.75, 3.05) is 13.2 Å². The molecule has 18 heavy (non-hydrogen) atoms. The Morgan fingerprint density at radius 3 is 2.72 bits per heavy atom. The van der Waals surface area contributed by atoms with Crippen molar-refractivity contribution in [1.82, 2.24) is 0 Å². The highest BCUT2D eigenvalue weighted by Gasteiger charge is 2.25. The van der Waals surface area contributed by atoms with Crippen molar-refractivity contribution in [1.29, 1.82) is 0 Å². The minimum Gasteiger partial charge on any atom is -0.496 e. The standard InChI is InChI=1S/C15H21NO2/c1-2-17-15(12-8-4-3-5-9-12)14(16)13-10-6-7-11-18-13/h3-5,8-10,14-15H,2,6-7,11,16H2,1H3.